The number of ether oxygens (including phenoxy) is 1. The Balaban J connectivity index is 1.34. The van der Waals surface area contributed by atoms with Crippen LogP contribution in [0.5, 0.6) is 0 Å². The molecule has 2 fully saturated rings. The lowest BCUT2D eigenvalue weighted by Crippen LogP contribution is -2.43. The highest BCUT2D eigenvalue weighted by atomic mass is 35.5. The van der Waals surface area contributed by atoms with Crippen molar-refractivity contribution >= 4 is 46.1 Å². The van der Waals surface area contributed by atoms with Crippen LogP contribution in [0.15, 0.2) is 35.6 Å². The number of rotatable bonds is 8. The molecule has 2 aliphatic rings. The van der Waals surface area contributed by atoms with Crippen LogP contribution in [0.3, 0.4) is 0 Å². The van der Waals surface area contributed by atoms with E-state index in [4.69, 9.17) is 26.3 Å². The van der Waals surface area contributed by atoms with Gasteiger partial charge in [-0.3, -0.25) is 4.79 Å². The van der Waals surface area contributed by atoms with Crippen LogP contribution in [0.25, 0.3) is 11.0 Å². The van der Waals surface area contributed by atoms with Gasteiger partial charge in [-0.15, -0.1) is 0 Å². The number of hydrogen-bond acceptors (Lipinski definition) is 7. The number of nitrogens with one attached hydrogen (secondary N) is 1. The van der Waals surface area contributed by atoms with Gasteiger partial charge in [0.2, 0.25) is 5.91 Å². The Morgan fingerprint density at radius 2 is 1.91 bits per heavy atom. The summed E-state index contributed by atoms with van der Waals surface area (Å²) >= 11 is 7.72. The number of carbonyl (C=O) groups excluding carboxylic acids is 1. The van der Waals surface area contributed by atoms with E-state index in [1.165, 1.54) is 0 Å². The molecule has 186 valence electrons. The van der Waals surface area contributed by atoms with Crippen LogP contribution in [0.4, 0.5) is 5.82 Å². The van der Waals surface area contributed by atoms with E-state index in [1.807, 2.05) is 35.1 Å². The smallest absolute Gasteiger partial charge is 0.230 e. The second-order valence-corrected chi connectivity index (χ2v) is 10.7. The SMILES string of the molecule is CCSc1nc(N2CCOCC2)c2cnn(CCNC(=O)C3(c4ccc(Cl)cc4)CCCC3)c2n1. The van der Waals surface area contributed by atoms with Crippen LogP contribution < -0.4 is 10.2 Å². The molecule has 0 spiro atoms. The molecule has 1 saturated carbocycles. The van der Waals surface area contributed by atoms with Crippen LogP contribution in [0.1, 0.15) is 38.2 Å². The number of aromatic nitrogens is 4. The molecule has 1 saturated heterocycles. The first-order chi connectivity index (χ1) is 17.1. The van der Waals surface area contributed by atoms with Gasteiger partial charge < -0.3 is 15.0 Å². The molecule has 35 heavy (non-hydrogen) atoms. The number of thioether (sulfide) groups is 1. The van der Waals surface area contributed by atoms with Crippen molar-refractivity contribution < 1.29 is 9.53 Å². The van der Waals surface area contributed by atoms with Gasteiger partial charge in [-0.2, -0.15) is 5.10 Å². The minimum Gasteiger partial charge on any atom is -0.378 e. The molecule has 1 aliphatic heterocycles. The fraction of sp³-hybridized carbons (Fsp3) is 0.520. The lowest BCUT2D eigenvalue weighted by molar-refractivity contribution is -0.126. The van der Waals surface area contributed by atoms with Gasteiger partial charge >= 0.3 is 0 Å². The van der Waals surface area contributed by atoms with Crippen molar-refractivity contribution in [2.75, 3.05) is 43.5 Å². The van der Waals surface area contributed by atoms with Gasteiger partial charge in [-0.1, -0.05) is 55.3 Å². The maximum atomic E-state index is 13.4. The number of halogens is 1. The number of fused-ring (bicyclic) bond motifs is 1. The molecule has 1 amide bonds. The Labute approximate surface area is 214 Å². The first-order valence-electron chi connectivity index (χ1n) is 12.3. The average Bonchev–Trinajstić information content (AvgIpc) is 3.53. The van der Waals surface area contributed by atoms with Crippen LogP contribution in [-0.4, -0.2) is 64.3 Å². The maximum absolute atomic E-state index is 13.4. The number of benzene rings is 1. The first kappa shape index (κ1) is 24.3. The molecule has 0 radical (unpaired) electrons. The van der Waals surface area contributed by atoms with E-state index in [0.29, 0.717) is 31.3 Å². The van der Waals surface area contributed by atoms with E-state index in [9.17, 15) is 4.79 Å². The van der Waals surface area contributed by atoms with E-state index >= 15 is 0 Å². The Bertz CT molecular complexity index is 1170. The third-order valence-corrected chi connectivity index (χ3v) is 7.92. The summed E-state index contributed by atoms with van der Waals surface area (Å²) in [6.07, 6.45) is 5.67. The third kappa shape index (κ3) is 4.99. The van der Waals surface area contributed by atoms with Gasteiger partial charge in [0.05, 0.1) is 36.8 Å². The van der Waals surface area contributed by atoms with Crippen LogP contribution in [-0.2, 0) is 21.5 Å². The van der Waals surface area contributed by atoms with Crippen LogP contribution >= 0.6 is 23.4 Å². The molecule has 5 rings (SSSR count). The highest BCUT2D eigenvalue weighted by Gasteiger charge is 2.42. The second kappa shape index (κ2) is 10.7. The van der Waals surface area contributed by atoms with Crippen molar-refractivity contribution in [3.05, 3.63) is 41.0 Å². The molecule has 10 heteroatoms. The quantitative estimate of drug-likeness (QED) is 0.358. The van der Waals surface area contributed by atoms with E-state index in [0.717, 1.165) is 72.1 Å². The number of amides is 1. The molecular formula is C25H31ClN6O2S. The summed E-state index contributed by atoms with van der Waals surface area (Å²) in [4.78, 5) is 25.3. The first-order valence-corrected chi connectivity index (χ1v) is 13.7. The Morgan fingerprint density at radius 1 is 1.17 bits per heavy atom. The van der Waals surface area contributed by atoms with Crippen molar-refractivity contribution in [1.29, 1.82) is 0 Å². The number of carbonyl (C=O) groups is 1. The number of anilines is 1. The van der Waals surface area contributed by atoms with Crippen molar-refractivity contribution in [2.45, 2.75) is 49.7 Å². The lowest BCUT2D eigenvalue weighted by atomic mass is 9.78. The van der Waals surface area contributed by atoms with Crippen LogP contribution in [0, 0.1) is 0 Å². The van der Waals surface area contributed by atoms with Crippen LogP contribution in [0.2, 0.25) is 5.02 Å². The van der Waals surface area contributed by atoms with Crippen molar-refractivity contribution in [3.63, 3.8) is 0 Å². The Morgan fingerprint density at radius 3 is 2.63 bits per heavy atom. The number of nitrogens with zero attached hydrogens (tertiary/aromatic N) is 5. The van der Waals surface area contributed by atoms with Crippen molar-refractivity contribution in [3.8, 4) is 0 Å². The molecule has 3 heterocycles. The number of morpholine rings is 1. The monoisotopic (exact) mass is 514 g/mol. The molecule has 1 aromatic carbocycles. The Hall–Kier alpha value is -2.36. The largest absolute Gasteiger partial charge is 0.378 e. The zero-order valence-corrected chi connectivity index (χ0v) is 21.6. The summed E-state index contributed by atoms with van der Waals surface area (Å²) < 4.78 is 7.40. The van der Waals surface area contributed by atoms with E-state index in [-0.39, 0.29) is 5.91 Å². The zero-order chi connectivity index (χ0) is 24.3. The minimum absolute atomic E-state index is 0.0830. The summed E-state index contributed by atoms with van der Waals surface area (Å²) in [5.74, 6) is 1.89. The van der Waals surface area contributed by atoms with Gasteiger partial charge in [-0.25, -0.2) is 14.6 Å². The molecule has 2 aromatic heterocycles. The van der Waals surface area contributed by atoms with E-state index < -0.39 is 5.41 Å². The molecular weight excluding hydrogens is 484 g/mol. The van der Waals surface area contributed by atoms with Gasteiger partial charge in [0, 0.05) is 24.7 Å². The summed E-state index contributed by atoms with van der Waals surface area (Å²) in [5.41, 5.74) is 1.37. The standard InChI is InChI=1S/C25H31ClN6O2S/c1-2-35-24-29-21(31-13-15-34-16-14-31)20-17-28-32(22(20)30-24)12-11-27-23(33)25(9-3-4-10-25)18-5-7-19(26)8-6-18/h5-8,17H,2-4,9-16H2,1H3,(H,27,33). The molecule has 0 bridgehead atoms. The van der Waals surface area contributed by atoms with Gasteiger partial charge in [0.1, 0.15) is 5.82 Å². The third-order valence-electron chi connectivity index (χ3n) is 6.94. The summed E-state index contributed by atoms with van der Waals surface area (Å²) in [6.45, 7) is 6.11. The average molecular weight is 515 g/mol. The van der Waals surface area contributed by atoms with Crippen molar-refractivity contribution in [2.24, 2.45) is 0 Å². The molecule has 0 atom stereocenters. The highest BCUT2D eigenvalue weighted by molar-refractivity contribution is 7.99. The zero-order valence-electron chi connectivity index (χ0n) is 20.0. The number of hydrogen-bond donors (Lipinski definition) is 1. The lowest BCUT2D eigenvalue weighted by Gasteiger charge is -2.28. The predicted octanol–water partition coefficient (Wildman–Crippen LogP) is 4.06. The molecule has 1 aliphatic carbocycles. The molecule has 1 N–H and O–H groups in total. The summed E-state index contributed by atoms with van der Waals surface area (Å²) in [6, 6.07) is 7.73. The van der Waals surface area contributed by atoms with E-state index in [2.05, 4.69) is 22.2 Å². The fourth-order valence-corrected chi connectivity index (χ4v) is 5.82. The maximum Gasteiger partial charge on any atom is 0.230 e. The topological polar surface area (TPSA) is 85.2 Å². The summed E-state index contributed by atoms with van der Waals surface area (Å²) in [7, 11) is 0. The van der Waals surface area contributed by atoms with Gasteiger partial charge in [0.15, 0.2) is 10.8 Å². The Kier molecular flexibility index (Phi) is 7.45. The van der Waals surface area contributed by atoms with Crippen molar-refractivity contribution in [1.82, 2.24) is 25.1 Å². The molecule has 3 aromatic rings. The normalized spacial score (nSPS) is 17.7. The highest BCUT2D eigenvalue weighted by Crippen LogP contribution is 2.41. The minimum atomic E-state index is -0.479. The van der Waals surface area contributed by atoms with E-state index in [1.54, 1.807) is 11.8 Å². The van der Waals surface area contributed by atoms with Gasteiger partial charge in [0.25, 0.3) is 0 Å². The molecule has 0 unspecified atom stereocenters. The summed E-state index contributed by atoms with van der Waals surface area (Å²) in [5, 5.41) is 10.2. The van der Waals surface area contributed by atoms with Gasteiger partial charge in [-0.05, 0) is 36.3 Å². The predicted molar refractivity (Wildman–Crippen MR) is 139 cm³/mol. The fourth-order valence-electron chi connectivity index (χ4n) is 5.13. The molecule has 8 nitrogen and oxygen atoms in total. The second-order valence-electron chi connectivity index (χ2n) is 9.02.